The van der Waals surface area contributed by atoms with Crippen LogP contribution in [0.5, 0.6) is 11.5 Å². The van der Waals surface area contributed by atoms with Crippen molar-refractivity contribution in [1.29, 1.82) is 0 Å². The SMILES string of the molecule is C=CCn1c(SCC(=O)Nc2ccc(F)cc2Br)nnc1C(C)Oc1ccc(OC)cc1. The lowest BCUT2D eigenvalue weighted by Crippen LogP contribution is -2.16. The van der Waals surface area contributed by atoms with Crippen LogP contribution in [-0.4, -0.2) is 33.5 Å². The molecule has 0 aliphatic rings. The maximum absolute atomic E-state index is 13.2. The van der Waals surface area contributed by atoms with E-state index >= 15 is 0 Å². The predicted octanol–water partition coefficient (Wildman–Crippen LogP) is 5.25. The van der Waals surface area contributed by atoms with Crippen molar-refractivity contribution in [2.45, 2.75) is 24.7 Å². The normalized spacial score (nSPS) is 11.6. The summed E-state index contributed by atoms with van der Waals surface area (Å²) < 4.78 is 26.7. The molecule has 3 rings (SSSR count). The molecule has 2 aromatic carbocycles. The fourth-order valence-electron chi connectivity index (χ4n) is 2.83. The van der Waals surface area contributed by atoms with Gasteiger partial charge in [0.05, 0.1) is 18.6 Å². The summed E-state index contributed by atoms with van der Waals surface area (Å²) in [6.07, 6.45) is 1.35. The van der Waals surface area contributed by atoms with Crippen LogP contribution in [-0.2, 0) is 11.3 Å². The first-order valence-corrected chi connectivity index (χ1v) is 11.4. The van der Waals surface area contributed by atoms with E-state index in [2.05, 4.69) is 38.0 Å². The van der Waals surface area contributed by atoms with E-state index in [1.807, 2.05) is 35.8 Å². The number of hydrogen-bond acceptors (Lipinski definition) is 6. The van der Waals surface area contributed by atoms with E-state index in [0.717, 1.165) is 5.75 Å². The van der Waals surface area contributed by atoms with Crippen LogP contribution >= 0.6 is 27.7 Å². The highest BCUT2D eigenvalue weighted by Gasteiger charge is 2.20. The zero-order valence-corrected chi connectivity index (χ0v) is 20.0. The molecule has 1 amide bonds. The molecule has 0 fully saturated rings. The van der Waals surface area contributed by atoms with Crippen molar-refractivity contribution in [3.05, 3.63) is 71.2 Å². The summed E-state index contributed by atoms with van der Waals surface area (Å²) in [6, 6.07) is 11.3. The lowest BCUT2D eigenvalue weighted by Gasteiger charge is -2.16. The second-order valence-corrected chi connectivity index (χ2v) is 8.43. The Labute approximate surface area is 198 Å². The number of methoxy groups -OCH3 is 1. The number of amides is 1. The number of benzene rings is 2. The van der Waals surface area contributed by atoms with Crippen LogP contribution in [0.15, 0.2) is 64.7 Å². The molecule has 1 unspecified atom stereocenters. The second kappa shape index (κ2) is 11.1. The molecule has 0 aliphatic heterocycles. The molecular formula is C22H22BrFN4O3S. The van der Waals surface area contributed by atoms with Crippen molar-refractivity contribution in [2.75, 3.05) is 18.2 Å². The molecule has 0 spiro atoms. The van der Waals surface area contributed by atoms with Gasteiger partial charge in [-0.2, -0.15) is 0 Å². The number of aromatic nitrogens is 3. The van der Waals surface area contributed by atoms with Gasteiger partial charge in [-0.1, -0.05) is 17.8 Å². The number of carbonyl (C=O) groups excluding carboxylic acids is 1. The summed E-state index contributed by atoms with van der Waals surface area (Å²) in [5, 5.41) is 11.8. The Balaban J connectivity index is 1.66. The second-order valence-electron chi connectivity index (χ2n) is 6.64. The molecule has 32 heavy (non-hydrogen) atoms. The minimum atomic E-state index is -0.389. The number of carbonyl (C=O) groups is 1. The fraction of sp³-hybridized carbons (Fsp3) is 0.227. The van der Waals surface area contributed by atoms with Gasteiger partial charge in [-0.05, 0) is 65.3 Å². The Morgan fingerprint density at radius 1 is 1.28 bits per heavy atom. The molecule has 168 valence electrons. The molecule has 1 aromatic heterocycles. The van der Waals surface area contributed by atoms with Gasteiger partial charge in [0.2, 0.25) is 5.91 Å². The highest BCUT2D eigenvalue weighted by Crippen LogP contribution is 2.27. The molecule has 0 saturated carbocycles. The minimum absolute atomic E-state index is 0.104. The van der Waals surface area contributed by atoms with E-state index in [9.17, 15) is 9.18 Å². The molecular weight excluding hydrogens is 499 g/mol. The van der Waals surface area contributed by atoms with Gasteiger partial charge in [0.15, 0.2) is 17.1 Å². The van der Waals surface area contributed by atoms with Gasteiger partial charge < -0.3 is 14.8 Å². The Morgan fingerprint density at radius 3 is 2.66 bits per heavy atom. The third-order valence-corrected chi connectivity index (χ3v) is 5.95. The third kappa shape index (κ3) is 6.10. The first kappa shape index (κ1) is 23.8. The van der Waals surface area contributed by atoms with Crippen molar-refractivity contribution < 1.29 is 18.7 Å². The number of anilines is 1. The Bertz CT molecular complexity index is 1090. The number of halogens is 2. The molecule has 0 aliphatic carbocycles. The number of ether oxygens (including phenoxy) is 2. The number of rotatable bonds is 10. The summed E-state index contributed by atoms with van der Waals surface area (Å²) in [5.41, 5.74) is 0.492. The van der Waals surface area contributed by atoms with E-state index in [0.29, 0.717) is 33.4 Å². The third-order valence-electron chi connectivity index (χ3n) is 4.33. The molecule has 0 radical (unpaired) electrons. The average molecular weight is 521 g/mol. The zero-order chi connectivity index (χ0) is 23.1. The Kier molecular flexibility index (Phi) is 8.29. The summed E-state index contributed by atoms with van der Waals surface area (Å²) in [7, 11) is 1.61. The van der Waals surface area contributed by atoms with Crippen molar-refractivity contribution in [3.8, 4) is 11.5 Å². The minimum Gasteiger partial charge on any atom is -0.497 e. The van der Waals surface area contributed by atoms with Crippen LogP contribution in [0.3, 0.4) is 0 Å². The molecule has 1 N–H and O–H groups in total. The fourth-order valence-corrected chi connectivity index (χ4v) is 4.03. The Morgan fingerprint density at radius 2 is 2.00 bits per heavy atom. The first-order chi connectivity index (χ1) is 15.4. The molecule has 1 heterocycles. The van der Waals surface area contributed by atoms with E-state index < -0.39 is 0 Å². The summed E-state index contributed by atoms with van der Waals surface area (Å²) in [5.74, 6) is 1.49. The number of thioether (sulfide) groups is 1. The van der Waals surface area contributed by atoms with Gasteiger partial charge in [0, 0.05) is 11.0 Å². The summed E-state index contributed by atoms with van der Waals surface area (Å²) in [6.45, 7) is 6.13. The highest BCUT2D eigenvalue weighted by molar-refractivity contribution is 9.10. The van der Waals surface area contributed by atoms with Crippen LogP contribution in [0.2, 0.25) is 0 Å². The summed E-state index contributed by atoms with van der Waals surface area (Å²) >= 11 is 4.48. The van der Waals surface area contributed by atoms with Crippen molar-refractivity contribution in [3.63, 3.8) is 0 Å². The number of nitrogens with zero attached hydrogens (tertiary/aromatic N) is 3. The first-order valence-electron chi connectivity index (χ1n) is 9.63. The van der Waals surface area contributed by atoms with Gasteiger partial charge >= 0.3 is 0 Å². The zero-order valence-electron chi connectivity index (χ0n) is 17.5. The lowest BCUT2D eigenvalue weighted by atomic mass is 10.3. The van der Waals surface area contributed by atoms with Gasteiger partial charge in [-0.3, -0.25) is 9.36 Å². The van der Waals surface area contributed by atoms with E-state index in [-0.39, 0.29) is 23.6 Å². The van der Waals surface area contributed by atoms with Crippen LogP contribution < -0.4 is 14.8 Å². The van der Waals surface area contributed by atoms with Gasteiger partial charge in [0.25, 0.3) is 0 Å². The van der Waals surface area contributed by atoms with E-state index in [1.54, 1.807) is 13.2 Å². The smallest absolute Gasteiger partial charge is 0.234 e. The molecule has 3 aromatic rings. The largest absolute Gasteiger partial charge is 0.497 e. The highest BCUT2D eigenvalue weighted by atomic mass is 79.9. The van der Waals surface area contributed by atoms with Crippen LogP contribution in [0.25, 0.3) is 0 Å². The average Bonchev–Trinajstić information content (AvgIpc) is 3.18. The lowest BCUT2D eigenvalue weighted by molar-refractivity contribution is -0.113. The molecule has 0 bridgehead atoms. The van der Waals surface area contributed by atoms with Crippen molar-refractivity contribution in [1.82, 2.24) is 14.8 Å². The standard InChI is InChI=1S/C22H22BrFN4O3S/c1-4-11-28-21(14(2)31-17-8-6-16(30-3)7-9-17)26-27-22(28)32-13-20(29)25-19-10-5-15(24)12-18(19)23/h4-10,12,14H,1,11,13H2,2-3H3,(H,25,29). The van der Waals surface area contributed by atoms with Crippen LogP contribution in [0, 0.1) is 5.82 Å². The van der Waals surface area contributed by atoms with Crippen molar-refractivity contribution in [2.24, 2.45) is 0 Å². The molecule has 10 heteroatoms. The molecule has 1 atom stereocenters. The Hall–Kier alpha value is -2.85. The molecule has 0 saturated heterocycles. The van der Waals surface area contributed by atoms with E-state index in [4.69, 9.17) is 9.47 Å². The van der Waals surface area contributed by atoms with Crippen LogP contribution in [0.4, 0.5) is 10.1 Å². The number of nitrogens with one attached hydrogen (secondary N) is 1. The molecule has 7 nitrogen and oxygen atoms in total. The van der Waals surface area contributed by atoms with Gasteiger partial charge in [0.1, 0.15) is 17.3 Å². The van der Waals surface area contributed by atoms with Crippen molar-refractivity contribution >= 4 is 39.3 Å². The maximum atomic E-state index is 13.2. The number of hydrogen-bond donors (Lipinski definition) is 1. The van der Waals surface area contributed by atoms with Crippen LogP contribution in [0.1, 0.15) is 18.9 Å². The predicted molar refractivity (Wildman–Crippen MR) is 126 cm³/mol. The quantitative estimate of drug-likeness (QED) is 0.290. The monoisotopic (exact) mass is 520 g/mol. The summed E-state index contributed by atoms with van der Waals surface area (Å²) in [4.78, 5) is 12.4. The number of allylic oxidation sites excluding steroid dienone is 1. The topological polar surface area (TPSA) is 78.3 Å². The van der Waals surface area contributed by atoms with E-state index in [1.165, 1.54) is 30.0 Å². The van der Waals surface area contributed by atoms with Gasteiger partial charge in [-0.25, -0.2) is 4.39 Å². The maximum Gasteiger partial charge on any atom is 0.234 e. The van der Waals surface area contributed by atoms with Gasteiger partial charge in [-0.15, -0.1) is 16.8 Å².